The molecule has 1 amide bonds. The number of halogens is 4. The van der Waals surface area contributed by atoms with Crippen LogP contribution in [0, 0.1) is 9.39 Å². The SMILES string of the molecule is O=C(c1cc(F)cc(I)c1)N1CCC(F)(F)CC1. The number of piperidine rings is 1. The summed E-state index contributed by atoms with van der Waals surface area (Å²) in [5, 5.41) is 0. The maximum atomic E-state index is 13.2. The lowest BCUT2D eigenvalue weighted by Crippen LogP contribution is -2.42. The first-order valence-corrected chi connectivity index (χ1v) is 6.58. The summed E-state index contributed by atoms with van der Waals surface area (Å²) in [6, 6.07) is 4.00. The molecule has 1 aromatic carbocycles. The second-order valence-electron chi connectivity index (χ2n) is 4.31. The molecule has 18 heavy (non-hydrogen) atoms. The van der Waals surface area contributed by atoms with E-state index in [1.165, 1.54) is 11.0 Å². The van der Waals surface area contributed by atoms with Gasteiger partial charge in [0.1, 0.15) is 5.82 Å². The molecule has 2 rings (SSSR count). The molecule has 0 radical (unpaired) electrons. The zero-order chi connectivity index (χ0) is 13.3. The van der Waals surface area contributed by atoms with Crippen LogP contribution in [0.25, 0.3) is 0 Å². The van der Waals surface area contributed by atoms with Crippen molar-refractivity contribution in [3.8, 4) is 0 Å². The number of carbonyl (C=O) groups excluding carboxylic acids is 1. The Labute approximate surface area is 116 Å². The molecule has 0 aromatic heterocycles. The van der Waals surface area contributed by atoms with E-state index in [9.17, 15) is 18.0 Å². The van der Waals surface area contributed by atoms with Crippen LogP contribution in [0.2, 0.25) is 0 Å². The van der Waals surface area contributed by atoms with Crippen molar-refractivity contribution in [3.05, 3.63) is 33.1 Å². The van der Waals surface area contributed by atoms with Gasteiger partial charge in [0.25, 0.3) is 11.8 Å². The van der Waals surface area contributed by atoms with Gasteiger partial charge in [-0.3, -0.25) is 4.79 Å². The molecule has 98 valence electrons. The van der Waals surface area contributed by atoms with Crippen LogP contribution in [0.3, 0.4) is 0 Å². The molecule has 1 aliphatic rings. The summed E-state index contributed by atoms with van der Waals surface area (Å²) in [5.41, 5.74) is 0.213. The van der Waals surface area contributed by atoms with Crippen molar-refractivity contribution in [3.63, 3.8) is 0 Å². The number of nitrogens with zero attached hydrogens (tertiary/aromatic N) is 1. The molecule has 1 fully saturated rings. The molecule has 0 atom stereocenters. The van der Waals surface area contributed by atoms with Crippen molar-refractivity contribution in [2.75, 3.05) is 13.1 Å². The molecule has 0 bridgehead atoms. The molecular weight excluding hydrogens is 358 g/mol. The van der Waals surface area contributed by atoms with Crippen LogP contribution in [0.5, 0.6) is 0 Å². The summed E-state index contributed by atoms with van der Waals surface area (Å²) in [6.07, 6.45) is -0.656. The highest BCUT2D eigenvalue weighted by molar-refractivity contribution is 14.1. The number of hydrogen-bond acceptors (Lipinski definition) is 1. The monoisotopic (exact) mass is 369 g/mol. The van der Waals surface area contributed by atoms with Crippen LogP contribution in [-0.2, 0) is 0 Å². The number of carbonyl (C=O) groups is 1. The number of hydrogen-bond donors (Lipinski definition) is 0. The molecule has 0 N–H and O–H groups in total. The van der Waals surface area contributed by atoms with Crippen molar-refractivity contribution in [2.45, 2.75) is 18.8 Å². The smallest absolute Gasteiger partial charge is 0.253 e. The molecule has 0 aliphatic carbocycles. The van der Waals surface area contributed by atoms with Gasteiger partial charge in [0, 0.05) is 35.1 Å². The van der Waals surface area contributed by atoms with E-state index in [0.29, 0.717) is 3.57 Å². The second kappa shape index (κ2) is 5.07. The Morgan fingerprint density at radius 3 is 2.39 bits per heavy atom. The van der Waals surface area contributed by atoms with Gasteiger partial charge in [-0.05, 0) is 40.8 Å². The Hall–Kier alpha value is -0.790. The molecule has 0 unspecified atom stereocenters. The zero-order valence-electron chi connectivity index (χ0n) is 9.43. The third-order valence-corrected chi connectivity index (χ3v) is 3.51. The number of amides is 1. The lowest BCUT2D eigenvalue weighted by atomic mass is 10.1. The number of alkyl halides is 2. The number of rotatable bonds is 1. The van der Waals surface area contributed by atoms with Gasteiger partial charge in [-0.25, -0.2) is 13.2 Å². The van der Waals surface area contributed by atoms with Gasteiger partial charge in [0.2, 0.25) is 0 Å². The van der Waals surface area contributed by atoms with E-state index < -0.39 is 11.7 Å². The van der Waals surface area contributed by atoms with E-state index in [0.717, 1.165) is 6.07 Å². The van der Waals surface area contributed by atoms with Gasteiger partial charge < -0.3 is 4.90 Å². The van der Waals surface area contributed by atoms with E-state index in [-0.39, 0.29) is 37.4 Å². The fraction of sp³-hybridized carbons (Fsp3) is 0.417. The standard InChI is InChI=1S/C12H11F3INO/c13-9-5-8(6-10(16)7-9)11(18)17-3-1-12(14,15)2-4-17/h5-7H,1-4H2. The third-order valence-electron chi connectivity index (χ3n) is 2.89. The summed E-state index contributed by atoms with van der Waals surface area (Å²) in [5.74, 6) is -3.57. The molecule has 0 spiro atoms. The highest BCUT2D eigenvalue weighted by atomic mass is 127. The Morgan fingerprint density at radius 2 is 1.83 bits per heavy atom. The quantitative estimate of drug-likeness (QED) is 0.696. The van der Waals surface area contributed by atoms with E-state index in [1.807, 2.05) is 22.6 Å². The summed E-state index contributed by atoms with van der Waals surface area (Å²) in [6.45, 7) is 0.0256. The van der Waals surface area contributed by atoms with Crippen LogP contribution in [0.1, 0.15) is 23.2 Å². The van der Waals surface area contributed by atoms with Crippen LogP contribution < -0.4 is 0 Å². The first kappa shape index (κ1) is 13.6. The molecule has 1 aliphatic heterocycles. The highest BCUT2D eigenvalue weighted by Gasteiger charge is 2.35. The number of likely N-dealkylation sites (tertiary alicyclic amines) is 1. The van der Waals surface area contributed by atoms with Crippen molar-refractivity contribution in [2.24, 2.45) is 0 Å². The lowest BCUT2D eigenvalue weighted by molar-refractivity contribution is -0.0494. The van der Waals surface area contributed by atoms with E-state index in [2.05, 4.69) is 0 Å². The fourth-order valence-electron chi connectivity index (χ4n) is 1.90. The van der Waals surface area contributed by atoms with Crippen molar-refractivity contribution >= 4 is 28.5 Å². The van der Waals surface area contributed by atoms with Crippen LogP contribution in [0.4, 0.5) is 13.2 Å². The minimum absolute atomic E-state index is 0.0128. The van der Waals surface area contributed by atoms with E-state index >= 15 is 0 Å². The summed E-state index contributed by atoms with van der Waals surface area (Å²) in [4.78, 5) is 13.4. The summed E-state index contributed by atoms with van der Waals surface area (Å²) < 4.78 is 39.7. The number of benzene rings is 1. The van der Waals surface area contributed by atoms with Gasteiger partial charge >= 0.3 is 0 Å². The Kier molecular flexibility index (Phi) is 3.84. The normalized spacial score (nSPS) is 18.8. The molecular formula is C12H11F3INO. The Morgan fingerprint density at radius 1 is 1.22 bits per heavy atom. The molecule has 2 nitrogen and oxygen atoms in total. The third kappa shape index (κ3) is 3.15. The van der Waals surface area contributed by atoms with Gasteiger partial charge in [-0.15, -0.1) is 0 Å². The van der Waals surface area contributed by atoms with Crippen molar-refractivity contribution < 1.29 is 18.0 Å². The van der Waals surface area contributed by atoms with Crippen LogP contribution in [-0.4, -0.2) is 29.8 Å². The van der Waals surface area contributed by atoms with Gasteiger partial charge in [0.15, 0.2) is 0 Å². The Bertz CT molecular complexity index is 448. The second-order valence-corrected chi connectivity index (χ2v) is 5.55. The van der Waals surface area contributed by atoms with Gasteiger partial charge in [-0.2, -0.15) is 0 Å². The maximum Gasteiger partial charge on any atom is 0.253 e. The van der Waals surface area contributed by atoms with Crippen LogP contribution in [0.15, 0.2) is 18.2 Å². The molecule has 1 heterocycles. The van der Waals surface area contributed by atoms with Crippen molar-refractivity contribution in [1.29, 1.82) is 0 Å². The summed E-state index contributed by atoms with van der Waals surface area (Å²) >= 11 is 1.91. The fourth-order valence-corrected chi connectivity index (χ4v) is 2.53. The molecule has 1 saturated heterocycles. The largest absolute Gasteiger partial charge is 0.338 e. The molecule has 0 saturated carbocycles. The molecule has 6 heteroatoms. The van der Waals surface area contributed by atoms with E-state index in [1.54, 1.807) is 6.07 Å². The van der Waals surface area contributed by atoms with Crippen molar-refractivity contribution in [1.82, 2.24) is 4.90 Å². The highest BCUT2D eigenvalue weighted by Crippen LogP contribution is 2.28. The average Bonchev–Trinajstić information content (AvgIpc) is 2.27. The lowest BCUT2D eigenvalue weighted by Gasteiger charge is -2.31. The zero-order valence-corrected chi connectivity index (χ0v) is 11.6. The first-order chi connectivity index (χ1) is 8.37. The minimum atomic E-state index is -2.69. The molecule has 1 aromatic rings. The van der Waals surface area contributed by atoms with Crippen LogP contribution >= 0.6 is 22.6 Å². The predicted molar refractivity (Wildman–Crippen MR) is 69.2 cm³/mol. The topological polar surface area (TPSA) is 20.3 Å². The van der Waals surface area contributed by atoms with E-state index in [4.69, 9.17) is 0 Å². The first-order valence-electron chi connectivity index (χ1n) is 5.51. The average molecular weight is 369 g/mol. The summed E-state index contributed by atoms with van der Waals surface area (Å²) in [7, 11) is 0. The predicted octanol–water partition coefficient (Wildman–Crippen LogP) is 3.30. The maximum absolute atomic E-state index is 13.2. The Balaban J connectivity index is 2.12. The van der Waals surface area contributed by atoms with Gasteiger partial charge in [0.05, 0.1) is 0 Å². The van der Waals surface area contributed by atoms with Gasteiger partial charge in [-0.1, -0.05) is 0 Å². The minimum Gasteiger partial charge on any atom is -0.338 e.